The standard InChI is InChI=1S/C25H26ClN3O2/c1-16-3-10-24(29-25(31)20-7-4-18(13-27)5-8-20)22(11-16)17(2)28-14-19-6-9-21(15-30)23(26)12-19/h3,6,9-12,15,18,20,28H,2,4-5,7-8,14H2,1H3,(H,29,31). The molecule has 31 heavy (non-hydrogen) atoms. The smallest absolute Gasteiger partial charge is 0.227 e. The number of carbonyl (C=O) groups excluding carboxylic acids is 2. The van der Waals surface area contributed by atoms with Gasteiger partial charge in [-0.15, -0.1) is 0 Å². The molecular weight excluding hydrogens is 410 g/mol. The molecule has 0 saturated heterocycles. The molecule has 2 aromatic rings. The Kier molecular flexibility index (Phi) is 7.49. The van der Waals surface area contributed by atoms with E-state index in [1.54, 1.807) is 12.1 Å². The van der Waals surface area contributed by atoms with Crippen LogP contribution in [-0.4, -0.2) is 12.2 Å². The van der Waals surface area contributed by atoms with Crippen molar-refractivity contribution in [2.24, 2.45) is 11.8 Å². The molecule has 0 bridgehead atoms. The lowest BCUT2D eigenvalue weighted by atomic mass is 9.82. The fraction of sp³-hybridized carbons (Fsp3) is 0.320. The van der Waals surface area contributed by atoms with Gasteiger partial charge in [0.1, 0.15) is 0 Å². The third-order valence-corrected chi connectivity index (χ3v) is 6.06. The van der Waals surface area contributed by atoms with Crippen LogP contribution in [0.5, 0.6) is 0 Å². The zero-order chi connectivity index (χ0) is 22.4. The predicted molar refractivity (Wildman–Crippen MR) is 124 cm³/mol. The number of carbonyl (C=O) groups is 2. The van der Waals surface area contributed by atoms with Gasteiger partial charge in [-0.1, -0.05) is 35.9 Å². The van der Waals surface area contributed by atoms with Crippen LogP contribution in [0, 0.1) is 30.1 Å². The van der Waals surface area contributed by atoms with Crippen molar-refractivity contribution in [1.82, 2.24) is 5.32 Å². The summed E-state index contributed by atoms with van der Waals surface area (Å²) in [6.45, 7) is 6.62. The van der Waals surface area contributed by atoms with Crippen LogP contribution in [0.4, 0.5) is 5.69 Å². The summed E-state index contributed by atoms with van der Waals surface area (Å²) >= 11 is 6.11. The molecule has 0 unspecified atom stereocenters. The Morgan fingerprint density at radius 2 is 1.97 bits per heavy atom. The maximum atomic E-state index is 12.8. The Bertz CT molecular complexity index is 1030. The second-order valence-electron chi connectivity index (χ2n) is 8.02. The lowest BCUT2D eigenvalue weighted by Gasteiger charge is -2.24. The number of nitrogens with zero attached hydrogens (tertiary/aromatic N) is 1. The van der Waals surface area contributed by atoms with Crippen molar-refractivity contribution in [3.63, 3.8) is 0 Å². The van der Waals surface area contributed by atoms with Crippen molar-refractivity contribution >= 4 is 35.2 Å². The van der Waals surface area contributed by atoms with E-state index in [1.165, 1.54) is 0 Å². The summed E-state index contributed by atoms with van der Waals surface area (Å²) in [5.41, 5.74) is 4.66. The summed E-state index contributed by atoms with van der Waals surface area (Å²) in [4.78, 5) is 23.7. The number of rotatable bonds is 7. The average Bonchev–Trinajstić information content (AvgIpc) is 2.78. The lowest BCUT2D eigenvalue weighted by molar-refractivity contribution is -0.120. The number of hydrogen-bond acceptors (Lipinski definition) is 4. The Morgan fingerprint density at radius 1 is 1.23 bits per heavy atom. The number of aldehydes is 1. The van der Waals surface area contributed by atoms with Crippen LogP contribution in [0.15, 0.2) is 43.0 Å². The Labute approximate surface area is 188 Å². The van der Waals surface area contributed by atoms with E-state index in [0.717, 1.165) is 48.7 Å². The molecule has 1 aliphatic rings. The molecular formula is C25H26ClN3O2. The first-order chi connectivity index (χ1) is 14.9. The first-order valence-corrected chi connectivity index (χ1v) is 10.8. The first kappa shape index (κ1) is 22.6. The van der Waals surface area contributed by atoms with Gasteiger partial charge in [-0.2, -0.15) is 5.26 Å². The molecule has 0 heterocycles. The second kappa shape index (κ2) is 10.3. The van der Waals surface area contributed by atoms with E-state index in [2.05, 4.69) is 23.3 Å². The quantitative estimate of drug-likeness (QED) is 0.563. The molecule has 0 atom stereocenters. The minimum Gasteiger partial charge on any atom is -0.381 e. The van der Waals surface area contributed by atoms with E-state index in [4.69, 9.17) is 16.9 Å². The van der Waals surface area contributed by atoms with E-state index < -0.39 is 0 Å². The maximum absolute atomic E-state index is 12.8. The van der Waals surface area contributed by atoms with Gasteiger partial charge in [0.15, 0.2) is 6.29 Å². The van der Waals surface area contributed by atoms with Gasteiger partial charge in [0.05, 0.1) is 16.8 Å². The molecule has 6 heteroatoms. The predicted octanol–water partition coefficient (Wildman–Crippen LogP) is 5.49. The number of amides is 1. The molecule has 0 aliphatic heterocycles. The third kappa shape index (κ3) is 5.74. The van der Waals surface area contributed by atoms with Gasteiger partial charge >= 0.3 is 0 Å². The van der Waals surface area contributed by atoms with Crippen LogP contribution in [-0.2, 0) is 11.3 Å². The number of nitrogens with one attached hydrogen (secondary N) is 2. The molecule has 1 aliphatic carbocycles. The molecule has 5 nitrogen and oxygen atoms in total. The minimum atomic E-state index is -0.0709. The average molecular weight is 436 g/mol. The summed E-state index contributed by atoms with van der Waals surface area (Å²) in [6.07, 6.45) is 3.75. The minimum absolute atomic E-state index is 0.00877. The zero-order valence-corrected chi connectivity index (χ0v) is 18.3. The molecule has 0 spiro atoms. The molecule has 0 radical (unpaired) electrons. The highest BCUT2D eigenvalue weighted by atomic mass is 35.5. The van der Waals surface area contributed by atoms with Crippen LogP contribution < -0.4 is 10.6 Å². The maximum Gasteiger partial charge on any atom is 0.227 e. The van der Waals surface area contributed by atoms with Gasteiger partial charge in [0.2, 0.25) is 5.91 Å². The largest absolute Gasteiger partial charge is 0.381 e. The van der Waals surface area contributed by atoms with Crippen molar-refractivity contribution in [2.75, 3.05) is 5.32 Å². The van der Waals surface area contributed by atoms with Crippen LogP contribution in [0.3, 0.4) is 0 Å². The van der Waals surface area contributed by atoms with Gasteiger partial charge in [0.25, 0.3) is 0 Å². The van der Waals surface area contributed by atoms with Gasteiger partial charge in [-0.25, -0.2) is 0 Å². The van der Waals surface area contributed by atoms with Gasteiger partial charge < -0.3 is 10.6 Å². The highest BCUT2D eigenvalue weighted by Crippen LogP contribution is 2.30. The van der Waals surface area contributed by atoms with Crippen LogP contribution in [0.25, 0.3) is 5.70 Å². The Morgan fingerprint density at radius 3 is 2.61 bits per heavy atom. The van der Waals surface area contributed by atoms with Crippen molar-refractivity contribution in [1.29, 1.82) is 5.26 Å². The fourth-order valence-electron chi connectivity index (χ4n) is 3.82. The number of halogens is 1. The van der Waals surface area contributed by atoms with Gasteiger partial charge in [-0.3, -0.25) is 9.59 Å². The highest BCUT2D eigenvalue weighted by molar-refractivity contribution is 6.33. The molecule has 3 rings (SSSR count). The van der Waals surface area contributed by atoms with Crippen molar-refractivity contribution in [2.45, 2.75) is 39.2 Å². The number of aryl methyl sites for hydroxylation is 1. The van der Waals surface area contributed by atoms with Crippen molar-refractivity contribution in [3.8, 4) is 6.07 Å². The van der Waals surface area contributed by atoms with E-state index in [-0.39, 0.29) is 17.7 Å². The Balaban J connectivity index is 1.68. The number of benzene rings is 2. The molecule has 1 amide bonds. The van der Waals surface area contributed by atoms with E-state index in [9.17, 15) is 9.59 Å². The molecule has 160 valence electrons. The Hall–Kier alpha value is -3.10. The first-order valence-electron chi connectivity index (χ1n) is 10.4. The summed E-state index contributed by atoms with van der Waals surface area (Å²) in [5.74, 6) is -0.0129. The molecule has 1 fully saturated rings. The fourth-order valence-corrected chi connectivity index (χ4v) is 4.06. The number of anilines is 1. The van der Waals surface area contributed by atoms with Gasteiger partial charge in [0, 0.05) is 35.2 Å². The van der Waals surface area contributed by atoms with Gasteiger partial charge in [-0.05, 0) is 62.4 Å². The lowest BCUT2D eigenvalue weighted by Crippen LogP contribution is -2.27. The summed E-state index contributed by atoms with van der Waals surface area (Å²) in [6, 6.07) is 13.4. The normalized spacial score (nSPS) is 18.0. The van der Waals surface area contributed by atoms with Crippen molar-refractivity contribution in [3.05, 3.63) is 70.3 Å². The molecule has 2 N–H and O–H groups in total. The van der Waals surface area contributed by atoms with Crippen LogP contribution in [0.2, 0.25) is 5.02 Å². The SMILES string of the molecule is C=C(NCc1ccc(C=O)c(Cl)c1)c1cc(C)ccc1NC(=O)C1CCC(C#N)CC1. The monoisotopic (exact) mass is 435 g/mol. The van der Waals surface area contributed by atoms with Crippen molar-refractivity contribution < 1.29 is 9.59 Å². The molecule has 0 aromatic heterocycles. The van der Waals surface area contributed by atoms with E-state index >= 15 is 0 Å². The number of nitriles is 1. The third-order valence-electron chi connectivity index (χ3n) is 5.74. The van der Waals surface area contributed by atoms with E-state index in [1.807, 2.05) is 31.2 Å². The molecule has 1 saturated carbocycles. The topological polar surface area (TPSA) is 82.0 Å². The summed E-state index contributed by atoms with van der Waals surface area (Å²) in [5, 5.41) is 15.8. The van der Waals surface area contributed by atoms with E-state index in [0.29, 0.717) is 28.5 Å². The summed E-state index contributed by atoms with van der Waals surface area (Å²) < 4.78 is 0. The summed E-state index contributed by atoms with van der Waals surface area (Å²) in [7, 11) is 0. The second-order valence-corrected chi connectivity index (χ2v) is 8.43. The zero-order valence-electron chi connectivity index (χ0n) is 17.6. The number of hydrogen-bond donors (Lipinski definition) is 2. The van der Waals surface area contributed by atoms with Crippen LogP contribution >= 0.6 is 11.6 Å². The highest BCUT2D eigenvalue weighted by Gasteiger charge is 2.26. The molecule has 2 aromatic carbocycles. The van der Waals surface area contributed by atoms with Crippen LogP contribution in [0.1, 0.15) is 52.7 Å².